The molecular formula is C27H31FN8. The van der Waals surface area contributed by atoms with E-state index in [2.05, 4.69) is 48.2 Å². The molecule has 4 heterocycles. The highest BCUT2D eigenvalue weighted by atomic mass is 19.1. The van der Waals surface area contributed by atoms with Crippen LogP contribution in [0.2, 0.25) is 0 Å². The normalized spacial score (nSPS) is 17.1. The first-order chi connectivity index (χ1) is 17.6. The van der Waals surface area contributed by atoms with Gasteiger partial charge in [-0.15, -0.1) is 0 Å². The summed E-state index contributed by atoms with van der Waals surface area (Å²) in [7, 11) is 1.98. The number of aromatic nitrogens is 5. The summed E-state index contributed by atoms with van der Waals surface area (Å²) >= 11 is 0. The van der Waals surface area contributed by atoms with Crippen molar-refractivity contribution in [2.24, 2.45) is 7.05 Å². The van der Waals surface area contributed by atoms with E-state index >= 15 is 0 Å². The van der Waals surface area contributed by atoms with Gasteiger partial charge in [-0.1, -0.05) is 19.1 Å². The lowest BCUT2D eigenvalue weighted by atomic mass is 10.1. The van der Waals surface area contributed by atoms with Crippen molar-refractivity contribution in [2.75, 3.05) is 38.0 Å². The number of piperazine rings is 1. The standard InChI is InChI=1S/C27H31FN8/c1-3-35-10-12-36(13-11-35)17-18-4-9-24(29-15-18)31-27-30-16-22(28)25(32-27)20-7-8-23-21(14-20)26(19-5-6-19)34(2)33-23/h4,7-9,14-16,19H,3,5-6,10-13,17H2,1-2H3,(H,29,30,31,32). The second kappa shape index (κ2) is 9.55. The maximum absolute atomic E-state index is 14.8. The fraction of sp³-hybridized carbons (Fsp3) is 0.407. The van der Waals surface area contributed by atoms with Crippen LogP contribution in [0.5, 0.6) is 0 Å². The van der Waals surface area contributed by atoms with E-state index in [1.807, 2.05) is 42.2 Å². The van der Waals surface area contributed by atoms with E-state index in [1.54, 1.807) is 0 Å². The number of pyridine rings is 1. The lowest BCUT2D eigenvalue weighted by Gasteiger charge is -2.33. The molecule has 2 aliphatic rings. The minimum Gasteiger partial charge on any atom is -0.309 e. The first-order valence-electron chi connectivity index (χ1n) is 12.7. The van der Waals surface area contributed by atoms with E-state index in [4.69, 9.17) is 0 Å². The molecule has 186 valence electrons. The van der Waals surface area contributed by atoms with E-state index in [0.29, 0.717) is 23.2 Å². The summed E-state index contributed by atoms with van der Waals surface area (Å²) in [5.41, 5.74) is 4.29. The van der Waals surface area contributed by atoms with Crippen LogP contribution in [0, 0.1) is 5.82 Å². The van der Waals surface area contributed by atoms with Gasteiger partial charge in [-0.3, -0.25) is 9.58 Å². The van der Waals surface area contributed by atoms with Crippen molar-refractivity contribution >= 4 is 22.7 Å². The Hall–Kier alpha value is -3.43. The molecule has 8 nitrogen and oxygen atoms in total. The van der Waals surface area contributed by atoms with E-state index in [9.17, 15) is 4.39 Å². The molecule has 1 aromatic carbocycles. The van der Waals surface area contributed by atoms with E-state index in [1.165, 1.54) is 30.3 Å². The highest BCUT2D eigenvalue weighted by Gasteiger charge is 2.29. The molecular weight excluding hydrogens is 455 g/mol. The third-order valence-corrected chi connectivity index (χ3v) is 7.24. The van der Waals surface area contributed by atoms with Gasteiger partial charge in [-0.05, 0) is 43.1 Å². The summed E-state index contributed by atoms with van der Waals surface area (Å²) in [4.78, 5) is 18.1. The molecule has 0 amide bonds. The minimum atomic E-state index is -0.455. The van der Waals surface area contributed by atoms with Gasteiger partial charge in [-0.2, -0.15) is 5.10 Å². The topological polar surface area (TPSA) is 75.0 Å². The maximum atomic E-state index is 14.8. The molecule has 1 N–H and O–H groups in total. The molecule has 1 aliphatic heterocycles. The Morgan fingerprint density at radius 2 is 1.81 bits per heavy atom. The van der Waals surface area contributed by atoms with Gasteiger partial charge in [0.15, 0.2) is 5.82 Å². The van der Waals surface area contributed by atoms with Crippen molar-refractivity contribution in [1.29, 1.82) is 0 Å². The van der Waals surface area contributed by atoms with Crippen LogP contribution in [0.4, 0.5) is 16.2 Å². The van der Waals surface area contributed by atoms with Gasteiger partial charge < -0.3 is 10.2 Å². The number of hydrogen-bond donors (Lipinski definition) is 1. The fourth-order valence-corrected chi connectivity index (χ4v) is 5.06. The SMILES string of the molecule is CCN1CCN(Cc2ccc(Nc3ncc(F)c(-c4ccc5nn(C)c(C6CC6)c5c4)n3)nc2)CC1. The molecule has 36 heavy (non-hydrogen) atoms. The second-order valence-electron chi connectivity index (χ2n) is 9.79. The van der Waals surface area contributed by atoms with Crippen molar-refractivity contribution in [3.63, 3.8) is 0 Å². The number of anilines is 2. The van der Waals surface area contributed by atoms with Gasteiger partial charge >= 0.3 is 0 Å². The average Bonchev–Trinajstić information content (AvgIpc) is 3.68. The van der Waals surface area contributed by atoms with Crippen molar-refractivity contribution in [3.05, 3.63) is 59.8 Å². The summed E-state index contributed by atoms with van der Waals surface area (Å²) in [6.07, 6.45) is 5.45. The molecule has 0 radical (unpaired) electrons. The van der Waals surface area contributed by atoms with Gasteiger partial charge in [0.05, 0.1) is 11.7 Å². The monoisotopic (exact) mass is 486 g/mol. The highest BCUT2D eigenvalue weighted by molar-refractivity contribution is 5.87. The molecule has 1 aliphatic carbocycles. The van der Waals surface area contributed by atoms with E-state index in [0.717, 1.165) is 50.2 Å². The molecule has 2 fully saturated rings. The maximum Gasteiger partial charge on any atom is 0.229 e. The molecule has 1 saturated carbocycles. The molecule has 0 bridgehead atoms. The van der Waals surface area contributed by atoms with Crippen LogP contribution in [0.15, 0.2) is 42.7 Å². The van der Waals surface area contributed by atoms with E-state index in [-0.39, 0.29) is 5.69 Å². The number of aryl methyl sites for hydroxylation is 1. The Balaban J connectivity index is 1.18. The predicted molar refractivity (Wildman–Crippen MR) is 139 cm³/mol. The average molecular weight is 487 g/mol. The summed E-state index contributed by atoms with van der Waals surface area (Å²) in [6.45, 7) is 8.60. The number of benzene rings is 1. The van der Waals surface area contributed by atoms with Crippen molar-refractivity contribution < 1.29 is 4.39 Å². The molecule has 4 aromatic rings. The number of hydrogen-bond acceptors (Lipinski definition) is 7. The summed E-state index contributed by atoms with van der Waals surface area (Å²) in [5, 5.41) is 8.82. The molecule has 1 saturated heterocycles. The zero-order valence-corrected chi connectivity index (χ0v) is 20.8. The van der Waals surface area contributed by atoms with Crippen LogP contribution >= 0.6 is 0 Å². The molecule has 0 unspecified atom stereocenters. The van der Waals surface area contributed by atoms with Gasteiger partial charge in [0.1, 0.15) is 11.5 Å². The first-order valence-corrected chi connectivity index (χ1v) is 12.7. The lowest BCUT2D eigenvalue weighted by Crippen LogP contribution is -2.45. The smallest absolute Gasteiger partial charge is 0.229 e. The van der Waals surface area contributed by atoms with Crippen LogP contribution in [-0.4, -0.2) is 67.3 Å². The Labute approximate surface area is 210 Å². The molecule has 0 spiro atoms. The Kier molecular flexibility index (Phi) is 6.10. The summed E-state index contributed by atoms with van der Waals surface area (Å²) < 4.78 is 16.8. The van der Waals surface area contributed by atoms with Crippen molar-refractivity contribution in [2.45, 2.75) is 32.2 Å². The Morgan fingerprint density at radius 1 is 1.00 bits per heavy atom. The molecule has 3 aromatic heterocycles. The van der Waals surface area contributed by atoms with Crippen LogP contribution in [-0.2, 0) is 13.6 Å². The number of halogens is 1. The lowest BCUT2D eigenvalue weighted by molar-refractivity contribution is 0.132. The first kappa shape index (κ1) is 23.0. The Morgan fingerprint density at radius 3 is 2.53 bits per heavy atom. The van der Waals surface area contributed by atoms with E-state index < -0.39 is 5.82 Å². The fourth-order valence-electron chi connectivity index (χ4n) is 5.06. The highest BCUT2D eigenvalue weighted by Crippen LogP contribution is 2.43. The minimum absolute atomic E-state index is 0.267. The number of nitrogens with zero attached hydrogens (tertiary/aromatic N) is 7. The van der Waals surface area contributed by atoms with Gasteiger partial charge in [0, 0.05) is 68.5 Å². The van der Waals surface area contributed by atoms with Gasteiger partial charge in [0.25, 0.3) is 0 Å². The number of nitrogens with one attached hydrogen (secondary N) is 1. The third-order valence-electron chi connectivity index (χ3n) is 7.24. The van der Waals surface area contributed by atoms with Crippen LogP contribution in [0.1, 0.15) is 36.9 Å². The predicted octanol–water partition coefficient (Wildman–Crippen LogP) is 4.32. The van der Waals surface area contributed by atoms with Crippen LogP contribution in [0.25, 0.3) is 22.2 Å². The molecule has 0 atom stereocenters. The van der Waals surface area contributed by atoms with Gasteiger partial charge in [-0.25, -0.2) is 19.3 Å². The molecule has 6 rings (SSSR count). The third kappa shape index (κ3) is 4.68. The number of fused-ring (bicyclic) bond motifs is 1. The van der Waals surface area contributed by atoms with Crippen molar-refractivity contribution in [3.8, 4) is 11.3 Å². The summed E-state index contributed by atoms with van der Waals surface area (Å²) in [6, 6.07) is 9.80. The largest absolute Gasteiger partial charge is 0.309 e. The van der Waals surface area contributed by atoms with Gasteiger partial charge in [0.2, 0.25) is 5.95 Å². The number of rotatable bonds is 7. The zero-order chi connectivity index (χ0) is 24.6. The quantitative estimate of drug-likeness (QED) is 0.417. The Bertz CT molecular complexity index is 1370. The number of likely N-dealkylation sites (N-methyl/N-ethyl adjacent to an activating group) is 1. The van der Waals surface area contributed by atoms with Crippen molar-refractivity contribution in [1.82, 2.24) is 34.5 Å². The second-order valence-corrected chi connectivity index (χ2v) is 9.79. The van der Waals surface area contributed by atoms with Crippen LogP contribution in [0.3, 0.4) is 0 Å². The zero-order valence-electron chi connectivity index (χ0n) is 20.8. The summed E-state index contributed by atoms with van der Waals surface area (Å²) in [5.74, 6) is 1.03. The molecule has 9 heteroatoms. The van der Waals surface area contributed by atoms with Crippen LogP contribution < -0.4 is 5.32 Å².